The predicted octanol–water partition coefficient (Wildman–Crippen LogP) is 2.51. The maximum atomic E-state index is 12.7. The van der Waals surface area contributed by atoms with Gasteiger partial charge in [-0.3, -0.25) is 0 Å². The molecule has 0 aliphatic heterocycles. The van der Waals surface area contributed by atoms with Gasteiger partial charge in [0.2, 0.25) is 0 Å². The first-order chi connectivity index (χ1) is 5.59. The minimum Gasteiger partial charge on any atom is -0.393 e. The fourth-order valence-electron chi connectivity index (χ4n) is 1.01. The third-order valence-corrected chi connectivity index (χ3v) is 2.12. The van der Waals surface area contributed by atoms with Crippen molar-refractivity contribution in [3.05, 3.63) is 34.1 Å². The average molecular weight is 233 g/mol. The molecule has 1 atom stereocenters. The Hall–Kier alpha value is -0.410. The van der Waals surface area contributed by atoms with Crippen LogP contribution in [0.4, 0.5) is 4.39 Å². The Morgan fingerprint density at radius 3 is 2.75 bits per heavy atom. The van der Waals surface area contributed by atoms with E-state index in [0.29, 0.717) is 10.9 Å². The van der Waals surface area contributed by atoms with Crippen LogP contribution in [0, 0.1) is 5.82 Å². The van der Waals surface area contributed by atoms with Crippen LogP contribution in [0.2, 0.25) is 0 Å². The average Bonchev–Trinajstić information content (AvgIpc) is 1.96. The molecule has 12 heavy (non-hydrogen) atoms. The molecule has 0 aliphatic carbocycles. The van der Waals surface area contributed by atoms with Gasteiger partial charge in [0, 0.05) is 0 Å². The van der Waals surface area contributed by atoms with Crippen LogP contribution in [0.1, 0.15) is 12.5 Å². The molecule has 1 aromatic carbocycles. The molecule has 0 amide bonds. The summed E-state index contributed by atoms with van der Waals surface area (Å²) in [5, 5.41) is 9.06. The third kappa shape index (κ3) is 2.57. The van der Waals surface area contributed by atoms with Crippen LogP contribution in [-0.4, -0.2) is 11.2 Å². The molecular formula is C9H10BrFO. The van der Waals surface area contributed by atoms with Crippen molar-refractivity contribution < 1.29 is 9.50 Å². The number of hydrogen-bond donors (Lipinski definition) is 1. The van der Waals surface area contributed by atoms with E-state index in [1.54, 1.807) is 19.1 Å². The maximum absolute atomic E-state index is 12.7. The lowest BCUT2D eigenvalue weighted by molar-refractivity contribution is 0.195. The Morgan fingerprint density at radius 1 is 1.58 bits per heavy atom. The molecule has 1 nitrogen and oxygen atoms in total. The van der Waals surface area contributed by atoms with Crippen LogP contribution in [0.3, 0.4) is 0 Å². The lowest BCUT2D eigenvalue weighted by Crippen LogP contribution is -2.04. The molecule has 0 heterocycles. The molecular weight excluding hydrogens is 223 g/mol. The molecule has 0 aliphatic rings. The Morgan fingerprint density at radius 2 is 2.25 bits per heavy atom. The van der Waals surface area contributed by atoms with Gasteiger partial charge in [-0.15, -0.1) is 0 Å². The first-order valence-electron chi connectivity index (χ1n) is 3.71. The molecule has 0 fully saturated rings. The molecule has 1 N–H and O–H groups in total. The van der Waals surface area contributed by atoms with E-state index in [0.717, 1.165) is 5.56 Å². The number of hydrogen-bond acceptors (Lipinski definition) is 1. The van der Waals surface area contributed by atoms with Crippen LogP contribution >= 0.6 is 15.9 Å². The lowest BCUT2D eigenvalue weighted by atomic mass is 10.1. The Bertz CT molecular complexity index is 273. The van der Waals surface area contributed by atoms with Crippen LogP contribution in [0.15, 0.2) is 22.7 Å². The summed E-state index contributed by atoms with van der Waals surface area (Å²) in [5.74, 6) is -0.274. The first kappa shape index (κ1) is 9.68. The molecule has 0 radical (unpaired) electrons. The van der Waals surface area contributed by atoms with Gasteiger partial charge in [0.05, 0.1) is 10.6 Å². The fourth-order valence-corrected chi connectivity index (χ4v) is 1.43. The van der Waals surface area contributed by atoms with Crippen molar-refractivity contribution in [3.63, 3.8) is 0 Å². The summed E-state index contributed by atoms with van der Waals surface area (Å²) in [7, 11) is 0. The van der Waals surface area contributed by atoms with Crippen molar-refractivity contribution in [1.29, 1.82) is 0 Å². The molecule has 66 valence electrons. The number of rotatable bonds is 2. The zero-order valence-electron chi connectivity index (χ0n) is 6.72. The summed E-state index contributed by atoms with van der Waals surface area (Å²) >= 11 is 3.08. The SMILES string of the molecule is CC(O)Cc1ccc(F)c(Br)c1. The second kappa shape index (κ2) is 4.01. The number of aliphatic hydroxyl groups is 1. The predicted molar refractivity (Wildman–Crippen MR) is 49.5 cm³/mol. The number of halogens is 2. The highest BCUT2D eigenvalue weighted by molar-refractivity contribution is 9.10. The standard InChI is InChI=1S/C9H10BrFO/c1-6(12)4-7-2-3-9(11)8(10)5-7/h2-3,5-6,12H,4H2,1H3. The first-order valence-corrected chi connectivity index (χ1v) is 4.51. The zero-order chi connectivity index (χ0) is 9.14. The molecule has 0 saturated carbocycles. The monoisotopic (exact) mass is 232 g/mol. The smallest absolute Gasteiger partial charge is 0.137 e. The Labute approximate surface area is 79.4 Å². The van der Waals surface area contributed by atoms with Crippen molar-refractivity contribution in [3.8, 4) is 0 Å². The van der Waals surface area contributed by atoms with Crippen molar-refractivity contribution in [2.24, 2.45) is 0 Å². The molecule has 1 aromatic rings. The Balaban J connectivity index is 2.82. The van der Waals surface area contributed by atoms with Crippen molar-refractivity contribution in [2.45, 2.75) is 19.4 Å². The van der Waals surface area contributed by atoms with Gasteiger partial charge in [-0.1, -0.05) is 6.07 Å². The molecule has 0 bridgehead atoms. The van der Waals surface area contributed by atoms with Gasteiger partial charge >= 0.3 is 0 Å². The van der Waals surface area contributed by atoms with Crippen molar-refractivity contribution in [2.75, 3.05) is 0 Å². The van der Waals surface area contributed by atoms with Crippen LogP contribution in [0.5, 0.6) is 0 Å². The highest BCUT2D eigenvalue weighted by Crippen LogP contribution is 2.17. The molecule has 1 rings (SSSR count). The van der Waals surface area contributed by atoms with E-state index >= 15 is 0 Å². The van der Waals surface area contributed by atoms with Gasteiger partial charge in [-0.2, -0.15) is 0 Å². The van der Waals surface area contributed by atoms with Gasteiger partial charge in [0.15, 0.2) is 0 Å². The zero-order valence-corrected chi connectivity index (χ0v) is 8.31. The van der Waals surface area contributed by atoms with Crippen LogP contribution < -0.4 is 0 Å². The van der Waals surface area contributed by atoms with Gasteiger partial charge < -0.3 is 5.11 Å². The number of benzene rings is 1. The van der Waals surface area contributed by atoms with E-state index in [1.165, 1.54) is 6.07 Å². The van der Waals surface area contributed by atoms with E-state index in [1.807, 2.05) is 0 Å². The molecule has 3 heteroatoms. The summed E-state index contributed by atoms with van der Waals surface area (Å²) in [6, 6.07) is 4.75. The van der Waals surface area contributed by atoms with Crippen LogP contribution in [0.25, 0.3) is 0 Å². The summed E-state index contributed by atoms with van der Waals surface area (Å²) in [5.41, 5.74) is 0.929. The van der Waals surface area contributed by atoms with E-state index in [2.05, 4.69) is 15.9 Å². The normalized spacial score (nSPS) is 13.0. The fraction of sp³-hybridized carbons (Fsp3) is 0.333. The highest BCUT2D eigenvalue weighted by Gasteiger charge is 2.02. The van der Waals surface area contributed by atoms with E-state index < -0.39 is 0 Å². The summed E-state index contributed by atoms with van der Waals surface area (Å²) in [6.45, 7) is 1.71. The second-order valence-electron chi connectivity index (χ2n) is 2.80. The molecule has 0 saturated heterocycles. The minimum atomic E-state index is -0.387. The van der Waals surface area contributed by atoms with E-state index in [4.69, 9.17) is 5.11 Å². The molecule has 0 spiro atoms. The topological polar surface area (TPSA) is 20.2 Å². The van der Waals surface area contributed by atoms with Gasteiger partial charge in [-0.25, -0.2) is 4.39 Å². The third-order valence-electron chi connectivity index (χ3n) is 1.52. The van der Waals surface area contributed by atoms with Gasteiger partial charge in [0.1, 0.15) is 5.82 Å². The van der Waals surface area contributed by atoms with Gasteiger partial charge in [-0.05, 0) is 47.0 Å². The summed E-state index contributed by atoms with van der Waals surface area (Å²) in [6.07, 6.45) is 0.168. The number of aliphatic hydroxyl groups excluding tert-OH is 1. The maximum Gasteiger partial charge on any atom is 0.137 e. The molecule has 1 unspecified atom stereocenters. The van der Waals surface area contributed by atoms with Crippen molar-refractivity contribution >= 4 is 15.9 Å². The minimum absolute atomic E-state index is 0.274. The van der Waals surface area contributed by atoms with Gasteiger partial charge in [0.25, 0.3) is 0 Å². The molecule has 0 aromatic heterocycles. The highest BCUT2D eigenvalue weighted by atomic mass is 79.9. The quantitative estimate of drug-likeness (QED) is 0.832. The van der Waals surface area contributed by atoms with Crippen LogP contribution in [-0.2, 0) is 6.42 Å². The second-order valence-corrected chi connectivity index (χ2v) is 3.66. The lowest BCUT2D eigenvalue weighted by Gasteiger charge is -2.04. The Kier molecular flexibility index (Phi) is 3.23. The largest absolute Gasteiger partial charge is 0.393 e. The summed E-state index contributed by atoms with van der Waals surface area (Å²) < 4.78 is 13.2. The van der Waals surface area contributed by atoms with E-state index in [-0.39, 0.29) is 11.9 Å². The summed E-state index contributed by atoms with van der Waals surface area (Å²) in [4.78, 5) is 0. The van der Waals surface area contributed by atoms with E-state index in [9.17, 15) is 4.39 Å². The van der Waals surface area contributed by atoms with Crippen molar-refractivity contribution in [1.82, 2.24) is 0 Å².